The Morgan fingerprint density at radius 2 is 2.03 bits per heavy atom. The SMILES string of the molecule is COc1cc2c3c([nH]c2cc1F)[C@@H](c1cccc(O)c1)C1CCC(=O)N(CCNC2CCC2)C(=O)C1(C)C3. The minimum absolute atomic E-state index is 0.132. The quantitative estimate of drug-likeness (QED) is 0.413. The molecule has 0 radical (unpaired) electrons. The van der Waals surface area contributed by atoms with Gasteiger partial charge in [0, 0.05) is 54.1 Å². The van der Waals surface area contributed by atoms with Gasteiger partial charge in [0.05, 0.1) is 12.5 Å². The van der Waals surface area contributed by atoms with Crippen LogP contribution in [-0.2, 0) is 16.0 Å². The van der Waals surface area contributed by atoms with Gasteiger partial charge < -0.3 is 20.1 Å². The Balaban J connectivity index is 1.46. The zero-order chi connectivity index (χ0) is 26.6. The summed E-state index contributed by atoms with van der Waals surface area (Å²) in [6.45, 7) is 2.92. The van der Waals surface area contributed by atoms with Crippen LogP contribution in [-0.4, -0.2) is 53.0 Å². The lowest BCUT2D eigenvalue weighted by molar-refractivity contribution is -0.151. The van der Waals surface area contributed by atoms with E-state index in [4.69, 9.17) is 4.74 Å². The van der Waals surface area contributed by atoms with Crippen molar-refractivity contribution in [3.05, 3.63) is 59.0 Å². The van der Waals surface area contributed by atoms with E-state index in [0.717, 1.165) is 35.0 Å². The summed E-state index contributed by atoms with van der Waals surface area (Å²) in [5.41, 5.74) is 2.48. The molecule has 2 aliphatic carbocycles. The Hall–Kier alpha value is -3.39. The van der Waals surface area contributed by atoms with Gasteiger partial charge in [0.15, 0.2) is 11.6 Å². The first-order valence-corrected chi connectivity index (χ1v) is 13.5. The number of fused-ring (bicyclic) bond motifs is 4. The molecule has 0 bridgehead atoms. The molecule has 200 valence electrons. The summed E-state index contributed by atoms with van der Waals surface area (Å²) in [6, 6.07) is 10.7. The number of rotatable bonds is 6. The van der Waals surface area contributed by atoms with E-state index in [2.05, 4.69) is 10.3 Å². The Bertz CT molecular complexity index is 1410. The van der Waals surface area contributed by atoms with E-state index in [1.54, 1.807) is 24.3 Å². The number of aromatic hydroxyl groups is 1. The Kier molecular flexibility index (Phi) is 6.17. The summed E-state index contributed by atoms with van der Waals surface area (Å²) in [6.07, 6.45) is 4.75. The number of nitrogens with one attached hydrogen (secondary N) is 2. The average Bonchev–Trinajstić information content (AvgIpc) is 3.16. The van der Waals surface area contributed by atoms with Crippen molar-refractivity contribution in [2.75, 3.05) is 20.2 Å². The zero-order valence-electron chi connectivity index (χ0n) is 21.9. The molecule has 3 N–H and O–H groups in total. The van der Waals surface area contributed by atoms with Crippen LogP contribution in [0.3, 0.4) is 0 Å². The average molecular weight is 520 g/mol. The number of amides is 2. The fourth-order valence-electron chi connectivity index (χ4n) is 6.84. The molecular weight excluding hydrogens is 485 g/mol. The van der Waals surface area contributed by atoms with Crippen LogP contribution < -0.4 is 10.1 Å². The third-order valence-corrected chi connectivity index (χ3v) is 9.09. The predicted octanol–water partition coefficient (Wildman–Crippen LogP) is 4.62. The standard InChI is InChI=1S/C30H34FN3O4/c1-30-16-21-20-14-25(38-2)23(31)15-24(20)33-28(21)27(17-5-3-8-19(35)13-17)22(30)9-10-26(36)34(29(30)37)12-11-32-18-6-4-7-18/h3,5,8,13-15,18,22,27,32-33,35H,4,6-7,9-12,16H2,1-2H3/t22?,27-,30?/m0/s1. The summed E-state index contributed by atoms with van der Waals surface area (Å²) in [4.78, 5) is 32.5. The predicted molar refractivity (Wildman–Crippen MR) is 142 cm³/mol. The Morgan fingerprint density at radius 3 is 2.74 bits per heavy atom. The number of phenolic OH excluding ortho intramolecular Hbond substituents is 1. The van der Waals surface area contributed by atoms with Crippen LogP contribution in [0.4, 0.5) is 4.39 Å². The zero-order valence-corrected chi connectivity index (χ0v) is 21.9. The van der Waals surface area contributed by atoms with Gasteiger partial charge in [-0.25, -0.2) is 4.39 Å². The fourth-order valence-corrected chi connectivity index (χ4v) is 6.84. The van der Waals surface area contributed by atoms with Gasteiger partial charge in [0.25, 0.3) is 0 Å². The van der Waals surface area contributed by atoms with Crippen molar-refractivity contribution in [3.8, 4) is 11.5 Å². The molecule has 2 unspecified atom stereocenters. The summed E-state index contributed by atoms with van der Waals surface area (Å²) >= 11 is 0. The van der Waals surface area contributed by atoms with Crippen LogP contribution in [0.1, 0.15) is 61.8 Å². The summed E-state index contributed by atoms with van der Waals surface area (Å²) in [5, 5.41) is 14.6. The molecule has 8 heteroatoms. The van der Waals surface area contributed by atoms with Crippen LogP contribution in [0.15, 0.2) is 36.4 Å². The van der Waals surface area contributed by atoms with Crippen molar-refractivity contribution in [1.29, 1.82) is 0 Å². The smallest absolute Gasteiger partial charge is 0.235 e. The maximum atomic E-state index is 14.7. The summed E-state index contributed by atoms with van der Waals surface area (Å²) in [5.74, 6) is -0.918. The van der Waals surface area contributed by atoms with Gasteiger partial charge in [-0.3, -0.25) is 14.5 Å². The first-order valence-electron chi connectivity index (χ1n) is 13.5. The van der Waals surface area contributed by atoms with Gasteiger partial charge >= 0.3 is 0 Å². The number of nitrogens with zero attached hydrogens (tertiary/aromatic N) is 1. The molecule has 3 atom stereocenters. The molecule has 2 aromatic carbocycles. The fraction of sp³-hybridized carbons (Fsp3) is 0.467. The molecule has 38 heavy (non-hydrogen) atoms. The van der Waals surface area contributed by atoms with Crippen molar-refractivity contribution in [1.82, 2.24) is 15.2 Å². The number of carbonyl (C=O) groups is 2. The molecule has 2 amide bonds. The molecule has 2 fully saturated rings. The largest absolute Gasteiger partial charge is 0.508 e. The number of hydrogen-bond acceptors (Lipinski definition) is 5. The Morgan fingerprint density at radius 1 is 1.21 bits per heavy atom. The number of phenols is 1. The lowest BCUT2D eigenvalue weighted by Gasteiger charge is -2.45. The molecule has 1 aromatic heterocycles. The van der Waals surface area contributed by atoms with Crippen molar-refractivity contribution in [3.63, 3.8) is 0 Å². The highest BCUT2D eigenvalue weighted by atomic mass is 19.1. The number of ether oxygens (including phenoxy) is 1. The van der Waals surface area contributed by atoms with Crippen molar-refractivity contribution in [2.45, 2.75) is 57.4 Å². The molecule has 6 rings (SSSR count). The highest BCUT2D eigenvalue weighted by molar-refractivity contribution is 6.00. The minimum Gasteiger partial charge on any atom is -0.508 e. The maximum absolute atomic E-state index is 14.7. The van der Waals surface area contributed by atoms with Crippen molar-refractivity contribution < 1.29 is 23.8 Å². The lowest BCUT2D eigenvalue weighted by Crippen LogP contribution is -2.52. The third-order valence-electron chi connectivity index (χ3n) is 9.09. The van der Waals surface area contributed by atoms with Gasteiger partial charge in [0.1, 0.15) is 5.75 Å². The molecule has 1 aliphatic heterocycles. The number of aromatic nitrogens is 1. The van der Waals surface area contributed by atoms with Gasteiger partial charge in [-0.15, -0.1) is 0 Å². The topological polar surface area (TPSA) is 94.7 Å². The molecule has 1 saturated carbocycles. The molecule has 0 spiro atoms. The second-order valence-electron chi connectivity index (χ2n) is 11.3. The van der Waals surface area contributed by atoms with Crippen molar-refractivity contribution in [2.24, 2.45) is 11.3 Å². The highest BCUT2D eigenvalue weighted by Gasteiger charge is 2.54. The number of aromatic amines is 1. The molecule has 7 nitrogen and oxygen atoms in total. The minimum atomic E-state index is -0.859. The molecule has 1 saturated heterocycles. The third kappa shape index (κ3) is 3.97. The van der Waals surface area contributed by atoms with E-state index >= 15 is 0 Å². The second kappa shape index (κ2) is 9.42. The van der Waals surface area contributed by atoms with Crippen LogP contribution in [0, 0.1) is 17.2 Å². The number of imide groups is 1. The van der Waals surface area contributed by atoms with Gasteiger partial charge in [-0.2, -0.15) is 0 Å². The van der Waals surface area contributed by atoms with E-state index < -0.39 is 11.2 Å². The van der Waals surface area contributed by atoms with Gasteiger partial charge in [-0.1, -0.05) is 25.5 Å². The van der Waals surface area contributed by atoms with Crippen LogP contribution >= 0.6 is 0 Å². The highest BCUT2D eigenvalue weighted by Crippen LogP contribution is 2.55. The van der Waals surface area contributed by atoms with Gasteiger partial charge in [-0.05, 0) is 60.9 Å². The first-order chi connectivity index (χ1) is 18.3. The van der Waals surface area contributed by atoms with E-state index in [1.807, 2.05) is 13.0 Å². The number of H-pyrrole nitrogens is 1. The monoisotopic (exact) mass is 519 g/mol. The van der Waals surface area contributed by atoms with Crippen LogP contribution in [0.25, 0.3) is 10.9 Å². The van der Waals surface area contributed by atoms with Crippen molar-refractivity contribution >= 4 is 22.7 Å². The Labute approximate surface area is 221 Å². The van der Waals surface area contributed by atoms with Gasteiger partial charge in [0.2, 0.25) is 11.8 Å². The molecular formula is C30H34FN3O4. The van der Waals surface area contributed by atoms with E-state index in [0.29, 0.717) is 37.5 Å². The summed E-state index contributed by atoms with van der Waals surface area (Å²) < 4.78 is 19.9. The lowest BCUT2D eigenvalue weighted by atomic mass is 9.59. The van der Waals surface area contributed by atoms with Crippen LogP contribution in [0.2, 0.25) is 0 Å². The molecule has 3 aliphatic rings. The number of halogens is 1. The summed E-state index contributed by atoms with van der Waals surface area (Å²) in [7, 11) is 1.44. The van der Waals surface area contributed by atoms with E-state index in [-0.39, 0.29) is 41.6 Å². The normalized spacial score (nSPS) is 25.6. The van der Waals surface area contributed by atoms with E-state index in [1.165, 1.54) is 24.5 Å². The number of methoxy groups -OCH3 is 1. The number of hydrogen-bond donors (Lipinski definition) is 3. The van der Waals surface area contributed by atoms with Crippen LogP contribution in [0.5, 0.6) is 11.5 Å². The number of likely N-dealkylation sites (tertiary alicyclic amines) is 1. The molecule has 2 heterocycles. The maximum Gasteiger partial charge on any atom is 0.235 e. The first kappa shape index (κ1) is 24.9. The number of carbonyl (C=O) groups excluding carboxylic acids is 2. The molecule has 3 aromatic rings. The second-order valence-corrected chi connectivity index (χ2v) is 11.3. The number of benzene rings is 2. The van der Waals surface area contributed by atoms with E-state index in [9.17, 15) is 19.1 Å².